The lowest BCUT2D eigenvalue weighted by Crippen LogP contribution is -2.44. The molecule has 0 fully saturated rings. The highest BCUT2D eigenvalue weighted by atomic mass is 16.6. The number of benzene rings is 2. The van der Waals surface area contributed by atoms with Gasteiger partial charge in [-0.3, -0.25) is 4.90 Å². The van der Waals surface area contributed by atoms with E-state index in [9.17, 15) is 9.59 Å². The van der Waals surface area contributed by atoms with Crippen molar-refractivity contribution in [1.29, 1.82) is 0 Å². The van der Waals surface area contributed by atoms with Crippen LogP contribution in [0.1, 0.15) is 33.3 Å². The lowest BCUT2D eigenvalue weighted by molar-refractivity contribution is -0.112. The van der Waals surface area contributed by atoms with Crippen molar-refractivity contribution in [3.05, 3.63) is 71.8 Å². The monoisotopic (exact) mass is 341 g/mol. The maximum atomic E-state index is 12.8. The van der Waals surface area contributed by atoms with E-state index in [-0.39, 0.29) is 0 Å². The molecule has 1 unspecified atom stereocenters. The quantitative estimate of drug-likeness (QED) is 0.739. The molecule has 132 valence electrons. The van der Waals surface area contributed by atoms with Crippen LogP contribution in [-0.2, 0) is 22.5 Å². The lowest BCUT2D eigenvalue weighted by Gasteiger charge is -2.31. The first kappa shape index (κ1) is 17.2. The fourth-order valence-corrected chi connectivity index (χ4v) is 2.37. The van der Waals surface area contributed by atoms with E-state index in [0.717, 1.165) is 5.56 Å². The van der Waals surface area contributed by atoms with E-state index in [1.807, 2.05) is 36.4 Å². The first-order chi connectivity index (χ1) is 12.3. The molecule has 0 spiro atoms. The molecule has 0 aliphatic carbocycles. The number of ether oxygens (including phenoxy) is 1. The zero-order valence-corrected chi connectivity index (χ0v) is 14.9. The molecule has 0 bridgehead atoms. The van der Waals surface area contributed by atoms with Gasteiger partial charge in [0.15, 0.2) is 0 Å². The summed E-state index contributed by atoms with van der Waals surface area (Å²) in [5, 5.41) is 0. The summed E-state index contributed by atoms with van der Waals surface area (Å²) in [6, 6.07) is 17.6. The van der Waals surface area contributed by atoms with Crippen molar-refractivity contribution in [1.82, 2.24) is 4.90 Å². The predicted molar refractivity (Wildman–Crippen MR) is 98.2 cm³/mol. The number of rotatable bonds is 6. The highest BCUT2D eigenvalue weighted by molar-refractivity contribution is 5.74. The summed E-state index contributed by atoms with van der Waals surface area (Å²) in [6.45, 7) is 4.25. The average molecular weight is 341 g/mol. The molecule has 0 radical (unpaired) electrons. The molecule has 0 heterocycles. The highest BCUT2D eigenvalue weighted by Gasteiger charge is 2.28. The van der Waals surface area contributed by atoms with Crippen molar-refractivity contribution in [2.75, 3.05) is 0 Å². The smallest absolute Gasteiger partial charge is 0.411 e. The van der Waals surface area contributed by atoms with Crippen LogP contribution in [0.4, 0.5) is 4.79 Å². The summed E-state index contributed by atoms with van der Waals surface area (Å²) < 4.78 is 14.0. The Balaban J connectivity index is 2.34. The van der Waals surface area contributed by atoms with E-state index >= 15 is 0 Å². The van der Waals surface area contributed by atoms with Gasteiger partial charge < -0.3 is 9.53 Å². The second-order valence-electron chi connectivity index (χ2n) is 6.82. The minimum absolute atomic E-state index is 0.325. The Labute approximate surface area is 150 Å². The third-order valence-corrected chi connectivity index (χ3v) is 3.49. The van der Waals surface area contributed by atoms with Crippen LogP contribution in [0.2, 0.25) is 0 Å². The summed E-state index contributed by atoms with van der Waals surface area (Å²) in [5.41, 5.74) is 0.822. The van der Waals surface area contributed by atoms with Gasteiger partial charge in [-0.25, -0.2) is 4.79 Å². The third-order valence-electron chi connectivity index (χ3n) is 3.49. The van der Waals surface area contributed by atoms with Crippen molar-refractivity contribution >= 4 is 12.4 Å². The summed E-state index contributed by atoms with van der Waals surface area (Å²) in [7, 11) is 0. The fraction of sp³-hybridized carbons (Fsp3) is 0.333. The second-order valence-corrected chi connectivity index (χ2v) is 6.82. The van der Waals surface area contributed by atoms with E-state index in [2.05, 4.69) is 0 Å². The highest BCUT2D eigenvalue weighted by Crippen LogP contribution is 2.17. The second kappa shape index (κ2) is 8.47. The van der Waals surface area contributed by atoms with Gasteiger partial charge in [0, 0.05) is 6.52 Å². The molecule has 2 atom stereocenters. The van der Waals surface area contributed by atoms with Gasteiger partial charge in [-0.2, -0.15) is 0 Å². The lowest BCUT2D eigenvalue weighted by atomic mass is 10.0. The fourth-order valence-electron chi connectivity index (χ4n) is 2.37. The number of hydrogen-bond acceptors (Lipinski definition) is 3. The van der Waals surface area contributed by atoms with Gasteiger partial charge in [-0.15, -0.1) is 0 Å². The van der Waals surface area contributed by atoms with Crippen LogP contribution in [0.15, 0.2) is 60.7 Å². The van der Waals surface area contributed by atoms with Gasteiger partial charge in [0.2, 0.25) is 0 Å². The predicted octanol–water partition coefficient (Wildman–Crippen LogP) is 4.23. The van der Waals surface area contributed by atoms with Crippen molar-refractivity contribution in [3.8, 4) is 0 Å². The van der Waals surface area contributed by atoms with E-state index in [0.29, 0.717) is 18.3 Å². The number of carbonyl (C=O) groups is 2. The van der Waals surface area contributed by atoms with E-state index < -0.39 is 24.3 Å². The van der Waals surface area contributed by atoms with Crippen molar-refractivity contribution in [2.45, 2.75) is 45.4 Å². The van der Waals surface area contributed by atoms with Gasteiger partial charge in [0.25, 0.3) is 0 Å². The Morgan fingerprint density at radius 2 is 1.60 bits per heavy atom. The van der Waals surface area contributed by atoms with E-state index in [1.54, 1.807) is 45.0 Å². The molecular formula is C21H25NO3. The van der Waals surface area contributed by atoms with Crippen LogP contribution in [0, 0.1) is 0 Å². The van der Waals surface area contributed by atoms with Crippen molar-refractivity contribution < 1.29 is 15.7 Å². The Kier molecular flexibility index (Phi) is 5.83. The van der Waals surface area contributed by atoms with Crippen LogP contribution in [0.3, 0.4) is 0 Å². The maximum Gasteiger partial charge on any atom is 0.411 e. The normalized spacial score (nSPS) is 14.1. The van der Waals surface area contributed by atoms with E-state index in [4.69, 9.17) is 6.11 Å². The molecule has 25 heavy (non-hydrogen) atoms. The first-order valence-corrected chi connectivity index (χ1v) is 8.29. The Hall–Kier alpha value is -2.62. The number of hydrogen-bond donors (Lipinski definition) is 0. The van der Waals surface area contributed by atoms with Crippen LogP contribution in [0.5, 0.6) is 0 Å². The number of aldehydes is 1. The standard InChI is InChI=1S/C21H25NO3/c1-21(2,3)25-20(24)22(15-18-12-8-5-9-13-18)19(16-23)14-17-10-6-4-7-11-17/h4-13,16,19H,14-15H2,1-3H3/t19-/m0/s1/i15T/t15?,19-. The molecule has 2 aromatic carbocycles. The molecule has 1 amide bonds. The minimum Gasteiger partial charge on any atom is -0.444 e. The van der Waals surface area contributed by atoms with Gasteiger partial charge in [-0.1, -0.05) is 60.7 Å². The van der Waals surface area contributed by atoms with Gasteiger partial charge in [0.05, 0.1) is 7.41 Å². The molecule has 0 aliphatic rings. The average Bonchev–Trinajstić information content (AvgIpc) is 2.61. The van der Waals surface area contributed by atoms with Crippen molar-refractivity contribution in [2.24, 2.45) is 0 Å². The molecule has 4 nitrogen and oxygen atoms in total. The van der Waals surface area contributed by atoms with Crippen LogP contribution < -0.4 is 0 Å². The number of carbonyl (C=O) groups excluding carboxylic acids is 2. The number of amides is 1. The van der Waals surface area contributed by atoms with Gasteiger partial charge in [-0.05, 0) is 38.3 Å². The summed E-state index contributed by atoms with van der Waals surface area (Å²) >= 11 is 0. The summed E-state index contributed by atoms with van der Waals surface area (Å²) in [5.74, 6) is 0. The van der Waals surface area contributed by atoms with Gasteiger partial charge in [0.1, 0.15) is 11.9 Å². The number of nitrogens with zero attached hydrogens (tertiary/aromatic N) is 1. The first-order valence-electron chi connectivity index (χ1n) is 8.87. The van der Waals surface area contributed by atoms with E-state index in [1.165, 1.54) is 4.90 Å². The van der Waals surface area contributed by atoms with Crippen molar-refractivity contribution in [3.63, 3.8) is 0 Å². The molecule has 0 N–H and O–H groups in total. The summed E-state index contributed by atoms with van der Waals surface area (Å²) in [4.78, 5) is 25.8. The largest absolute Gasteiger partial charge is 0.444 e. The molecule has 2 aromatic rings. The van der Waals surface area contributed by atoms with Crippen LogP contribution >= 0.6 is 0 Å². The zero-order valence-electron chi connectivity index (χ0n) is 15.9. The Bertz CT molecular complexity index is 713. The third kappa shape index (κ3) is 6.07. The SMILES string of the molecule is [3H]C(c1ccccc1)N(C(=O)OC(C)(C)C)[C@H](C=O)Cc1ccccc1. The Morgan fingerprint density at radius 3 is 2.08 bits per heavy atom. The Morgan fingerprint density at radius 1 is 1.08 bits per heavy atom. The maximum absolute atomic E-state index is 12.8. The molecule has 0 saturated carbocycles. The molecule has 2 rings (SSSR count). The minimum atomic E-state index is -1.04. The molecule has 0 aromatic heterocycles. The summed E-state index contributed by atoms with van der Waals surface area (Å²) in [6.07, 6.45) is 0.363. The van der Waals surface area contributed by atoms with Crippen LogP contribution in [0.25, 0.3) is 0 Å². The zero-order chi connectivity index (χ0) is 19.2. The molecule has 0 aliphatic heterocycles. The molecule has 0 saturated heterocycles. The topological polar surface area (TPSA) is 46.6 Å². The molecule has 4 heteroatoms. The van der Waals surface area contributed by atoms with Gasteiger partial charge >= 0.3 is 6.09 Å². The van der Waals surface area contributed by atoms with Crippen LogP contribution in [-0.4, -0.2) is 28.9 Å². The molecular weight excluding hydrogens is 314 g/mol.